The molecule has 2 N–H and O–H groups in total. The summed E-state index contributed by atoms with van der Waals surface area (Å²) in [6.07, 6.45) is -0.688. The first-order chi connectivity index (χ1) is 11.5. The average Bonchev–Trinajstić information content (AvgIpc) is 2.51. The van der Waals surface area contributed by atoms with Crippen LogP contribution in [-0.4, -0.2) is 24.0 Å². The molecule has 0 unspecified atom stereocenters. The first-order valence-electron chi connectivity index (χ1n) is 7.33. The number of para-hydroxylation sites is 1. The van der Waals surface area contributed by atoms with Crippen molar-refractivity contribution in [3.05, 3.63) is 53.3 Å². The van der Waals surface area contributed by atoms with E-state index in [9.17, 15) is 26.7 Å². The summed E-state index contributed by atoms with van der Waals surface area (Å²) in [5.74, 6) is 0. The number of rotatable bonds is 5. The summed E-state index contributed by atoms with van der Waals surface area (Å²) < 4.78 is 61.7. The summed E-state index contributed by atoms with van der Waals surface area (Å²) in [5, 5.41) is 12.3. The van der Waals surface area contributed by atoms with Crippen LogP contribution in [0.5, 0.6) is 0 Å². The molecule has 0 amide bonds. The molecule has 0 bridgehead atoms. The van der Waals surface area contributed by atoms with E-state index >= 15 is 0 Å². The van der Waals surface area contributed by atoms with Gasteiger partial charge in [-0.3, -0.25) is 4.98 Å². The van der Waals surface area contributed by atoms with E-state index in [-0.39, 0.29) is 12.2 Å². The van der Waals surface area contributed by atoms with Gasteiger partial charge in [0.25, 0.3) is 9.84 Å². The lowest BCUT2D eigenvalue weighted by atomic mass is 10.1. The van der Waals surface area contributed by atoms with Crippen LogP contribution < -0.4 is 5.32 Å². The maximum Gasteiger partial charge on any atom is 0.501 e. The van der Waals surface area contributed by atoms with E-state index in [1.807, 2.05) is 0 Å². The van der Waals surface area contributed by atoms with E-state index < -0.39 is 26.3 Å². The van der Waals surface area contributed by atoms with E-state index in [0.717, 1.165) is 6.07 Å². The molecule has 9 heteroatoms. The van der Waals surface area contributed by atoms with Gasteiger partial charge in [-0.15, -0.1) is 0 Å². The predicted octanol–water partition coefficient (Wildman–Crippen LogP) is 3.35. The number of halogens is 3. The fourth-order valence-corrected chi connectivity index (χ4v) is 3.26. The van der Waals surface area contributed by atoms with Gasteiger partial charge in [-0.25, -0.2) is 8.42 Å². The van der Waals surface area contributed by atoms with Gasteiger partial charge < -0.3 is 10.4 Å². The second-order valence-electron chi connectivity index (χ2n) is 5.45. The number of benzene rings is 1. The van der Waals surface area contributed by atoms with Gasteiger partial charge in [-0.05, 0) is 32.0 Å². The van der Waals surface area contributed by atoms with Crippen LogP contribution in [0.2, 0.25) is 0 Å². The Bertz CT molecular complexity index is 865. The zero-order valence-electron chi connectivity index (χ0n) is 13.5. The molecule has 1 atom stereocenters. The summed E-state index contributed by atoms with van der Waals surface area (Å²) in [4.78, 5) is 3.42. The number of aliphatic hydroxyl groups is 1. The number of aryl methyl sites for hydroxylation is 1. The number of anilines is 1. The second kappa shape index (κ2) is 7.01. The lowest BCUT2D eigenvalue weighted by molar-refractivity contribution is -0.0435. The van der Waals surface area contributed by atoms with Crippen molar-refractivity contribution < 1.29 is 26.7 Å². The largest absolute Gasteiger partial charge is 0.501 e. The number of nitrogens with zero attached hydrogens (tertiary/aromatic N) is 1. The molecule has 1 aromatic heterocycles. The van der Waals surface area contributed by atoms with Crippen LogP contribution in [0.1, 0.15) is 30.0 Å². The molecule has 2 aromatic rings. The first kappa shape index (κ1) is 19.2. The van der Waals surface area contributed by atoms with Crippen molar-refractivity contribution in [1.29, 1.82) is 0 Å². The Morgan fingerprint density at radius 2 is 1.84 bits per heavy atom. The van der Waals surface area contributed by atoms with E-state index in [0.29, 0.717) is 17.0 Å². The Morgan fingerprint density at radius 3 is 2.40 bits per heavy atom. The molecule has 0 saturated carbocycles. The van der Waals surface area contributed by atoms with Crippen molar-refractivity contribution in [3.8, 4) is 0 Å². The number of aromatic nitrogens is 1. The minimum Gasteiger partial charge on any atom is -0.389 e. The average molecular weight is 374 g/mol. The van der Waals surface area contributed by atoms with E-state index in [1.165, 1.54) is 18.2 Å². The molecule has 2 rings (SSSR count). The second-order valence-corrected chi connectivity index (χ2v) is 7.36. The highest BCUT2D eigenvalue weighted by Crippen LogP contribution is 2.34. The number of aliphatic hydroxyl groups excluding tert-OH is 1. The maximum atomic E-state index is 12.8. The van der Waals surface area contributed by atoms with Crippen LogP contribution in [0.25, 0.3) is 0 Å². The van der Waals surface area contributed by atoms with E-state index in [4.69, 9.17) is 0 Å². The summed E-state index contributed by atoms with van der Waals surface area (Å²) in [6.45, 7) is 3.33. The highest BCUT2D eigenvalue weighted by atomic mass is 32.2. The summed E-state index contributed by atoms with van der Waals surface area (Å²) in [5.41, 5.74) is -3.80. The standard InChI is InChI=1S/C16H17F3N2O3S/c1-10-13(11(2)22)8-7-12(21-10)9-20-14-5-3-4-6-15(14)25(23,24)16(17,18)19/h3-8,11,20,22H,9H2,1-2H3/t11-/m0/s1. The molecule has 0 radical (unpaired) electrons. The molecule has 0 saturated heterocycles. The van der Waals surface area contributed by atoms with Crippen LogP contribution in [-0.2, 0) is 16.4 Å². The van der Waals surface area contributed by atoms with Crippen LogP contribution in [0.15, 0.2) is 41.3 Å². The van der Waals surface area contributed by atoms with Crippen LogP contribution in [0.3, 0.4) is 0 Å². The zero-order chi connectivity index (χ0) is 18.8. The Hall–Kier alpha value is -2.13. The van der Waals surface area contributed by atoms with Crippen molar-refractivity contribution in [2.45, 2.75) is 36.9 Å². The molecular formula is C16H17F3N2O3S. The molecule has 0 fully saturated rings. The number of alkyl halides is 3. The van der Waals surface area contributed by atoms with E-state index in [2.05, 4.69) is 10.3 Å². The number of hydrogen-bond acceptors (Lipinski definition) is 5. The van der Waals surface area contributed by atoms with Crippen molar-refractivity contribution in [2.75, 3.05) is 5.32 Å². The topological polar surface area (TPSA) is 79.3 Å². The number of pyridine rings is 1. The molecular weight excluding hydrogens is 357 g/mol. The lowest BCUT2D eigenvalue weighted by Gasteiger charge is -2.15. The molecule has 0 aliphatic rings. The molecule has 1 heterocycles. The Kier molecular flexibility index (Phi) is 5.38. The minimum absolute atomic E-state index is 0.0331. The molecule has 0 aliphatic heterocycles. The smallest absolute Gasteiger partial charge is 0.389 e. The van der Waals surface area contributed by atoms with Gasteiger partial charge >= 0.3 is 5.51 Å². The Morgan fingerprint density at radius 1 is 1.20 bits per heavy atom. The summed E-state index contributed by atoms with van der Waals surface area (Å²) in [7, 11) is -5.45. The molecule has 136 valence electrons. The van der Waals surface area contributed by atoms with Gasteiger partial charge in [0, 0.05) is 11.3 Å². The third kappa shape index (κ3) is 4.10. The summed E-state index contributed by atoms with van der Waals surface area (Å²) in [6, 6.07) is 8.11. The van der Waals surface area contributed by atoms with Crippen LogP contribution in [0, 0.1) is 6.92 Å². The quantitative estimate of drug-likeness (QED) is 0.839. The third-order valence-electron chi connectivity index (χ3n) is 3.58. The normalized spacial score (nSPS) is 13.5. The molecule has 0 spiro atoms. The summed E-state index contributed by atoms with van der Waals surface area (Å²) >= 11 is 0. The van der Waals surface area contributed by atoms with Gasteiger partial charge in [0.2, 0.25) is 0 Å². The Labute approximate surface area is 143 Å². The van der Waals surface area contributed by atoms with Crippen molar-refractivity contribution in [1.82, 2.24) is 4.98 Å². The molecule has 1 aromatic carbocycles. The Balaban J connectivity index is 2.27. The highest BCUT2D eigenvalue weighted by Gasteiger charge is 2.47. The number of nitrogens with one attached hydrogen (secondary N) is 1. The number of sulfone groups is 1. The van der Waals surface area contributed by atoms with Gasteiger partial charge in [-0.2, -0.15) is 13.2 Å². The van der Waals surface area contributed by atoms with E-state index in [1.54, 1.807) is 26.0 Å². The molecule has 5 nitrogen and oxygen atoms in total. The minimum atomic E-state index is -5.45. The van der Waals surface area contributed by atoms with Crippen molar-refractivity contribution in [2.24, 2.45) is 0 Å². The van der Waals surface area contributed by atoms with Crippen molar-refractivity contribution >= 4 is 15.5 Å². The van der Waals surface area contributed by atoms with Gasteiger partial charge in [0.05, 0.1) is 28.9 Å². The van der Waals surface area contributed by atoms with Crippen molar-refractivity contribution in [3.63, 3.8) is 0 Å². The maximum absolute atomic E-state index is 12.8. The molecule has 25 heavy (non-hydrogen) atoms. The zero-order valence-corrected chi connectivity index (χ0v) is 14.3. The SMILES string of the molecule is Cc1nc(CNc2ccccc2S(=O)(=O)C(F)(F)F)ccc1[C@H](C)O. The van der Waals surface area contributed by atoms with Gasteiger partial charge in [0.15, 0.2) is 0 Å². The molecule has 0 aliphatic carbocycles. The van der Waals surface area contributed by atoms with Gasteiger partial charge in [-0.1, -0.05) is 18.2 Å². The fraction of sp³-hybridized carbons (Fsp3) is 0.312. The monoisotopic (exact) mass is 374 g/mol. The third-order valence-corrected chi connectivity index (χ3v) is 5.12. The predicted molar refractivity (Wildman–Crippen MR) is 86.6 cm³/mol. The van der Waals surface area contributed by atoms with Crippen LogP contribution >= 0.6 is 0 Å². The fourth-order valence-electron chi connectivity index (χ4n) is 2.32. The highest BCUT2D eigenvalue weighted by molar-refractivity contribution is 7.92. The first-order valence-corrected chi connectivity index (χ1v) is 8.81. The lowest BCUT2D eigenvalue weighted by Crippen LogP contribution is -2.24. The number of hydrogen-bond donors (Lipinski definition) is 2. The van der Waals surface area contributed by atoms with Gasteiger partial charge in [0.1, 0.15) is 0 Å². The van der Waals surface area contributed by atoms with Crippen LogP contribution in [0.4, 0.5) is 18.9 Å².